The molecule has 0 saturated carbocycles. The summed E-state index contributed by atoms with van der Waals surface area (Å²) in [5, 5.41) is 22.6. The number of benzene rings is 3. The van der Waals surface area contributed by atoms with Crippen molar-refractivity contribution in [1.82, 2.24) is 24.4 Å². The van der Waals surface area contributed by atoms with Gasteiger partial charge in [0.05, 0.1) is 39.6 Å². The predicted molar refractivity (Wildman–Crippen MR) is 219 cm³/mol. The lowest BCUT2D eigenvalue weighted by atomic mass is 9.86. The van der Waals surface area contributed by atoms with Crippen LogP contribution < -0.4 is 15.2 Å². The van der Waals surface area contributed by atoms with Crippen LogP contribution >= 0.6 is 11.6 Å². The fraction of sp³-hybridized carbons (Fsp3) is 0.273. The van der Waals surface area contributed by atoms with E-state index in [9.17, 15) is 29.0 Å². The smallest absolute Gasteiger partial charge is 0.343 e. The average molecular weight is 835 g/mol. The Kier molecular flexibility index (Phi) is 9.55. The third-order valence-electron chi connectivity index (χ3n) is 11.8. The van der Waals surface area contributed by atoms with Gasteiger partial charge < -0.3 is 34.1 Å². The van der Waals surface area contributed by atoms with E-state index in [-0.39, 0.29) is 76.0 Å². The van der Waals surface area contributed by atoms with Gasteiger partial charge in [0, 0.05) is 59.2 Å². The lowest BCUT2D eigenvalue weighted by Crippen LogP contribution is -2.49. The molecule has 3 aliphatic heterocycles. The van der Waals surface area contributed by atoms with Gasteiger partial charge in [0.2, 0.25) is 0 Å². The second-order valence-electron chi connectivity index (χ2n) is 15.0. The normalized spacial score (nSPS) is 17.1. The third-order valence-corrected chi connectivity index (χ3v) is 12.1. The number of cyclic esters (lactones) is 1. The number of anilines is 1. The summed E-state index contributed by atoms with van der Waals surface area (Å²) < 4.78 is 43.5. The Morgan fingerprint density at radius 3 is 2.53 bits per heavy atom. The number of aliphatic hydroxyl groups is 1. The van der Waals surface area contributed by atoms with Gasteiger partial charge >= 0.3 is 5.97 Å². The number of piperazine rings is 1. The predicted octanol–water partition coefficient (Wildman–Crippen LogP) is 6.17. The molecule has 0 spiro atoms. The highest BCUT2D eigenvalue weighted by molar-refractivity contribution is 6.34. The number of halogens is 3. The largest absolute Gasteiger partial charge is 0.507 e. The quantitative estimate of drug-likeness (QED) is 0.133. The number of hydrogen-bond donors (Lipinski definition) is 2. The lowest BCUT2D eigenvalue weighted by Gasteiger charge is -2.36. The highest BCUT2D eigenvalue weighted by Gasteiger charge is 2.45. The topological polar surface area (TPSA) is 160 Å². The molecule has 13 nitrogen and oxygen atoms in total. The first-order valence-electron chi connectivity index (χ1n) is 19.4. The fourth-order valence-corrected chi connectivity index (χ4v) is 8.86. The molecule has 60 heavy (non-hydrogen) atoms. The van der Waals surface area contributed by atoms with E-state index < -0.39 is 29.0 Å². The zero-order valence-corrected chi connectivity index (χ0v) is 33.3. The molecule has 9 rings (SSSR count). The molecule has 0 radical (unpaired) electrons. The van der Waals surface area contributed by atoms with E-state index in [1.165, 1.54) is 24.5 Å². The van der Waals surface area contributed by atoms with Crippen LogP contribution in [0.5, 0.6) is 11.5 Å². The van der Waals surface area contributed by atoms with Gasteiger partial charge in [-0.3, -0.25) is 9.59 Å². The van der Waals surface area contributed by atoms with Gasteiger partial charge in [-0.2, -0.15) is 0 Å². The van der Waals surface area contributed by atoms with Crippen LogP contribution in [-0.2, 0) is 39.5 Å². The molecule has 6 heterocycles. The number of esters is 1. The molecule has 16 heteroatoms. The van der Waals surface area contributed by atoms with Crippen molar-refractivity contribution in [1.29, 1.82) is 0 Å². The molecule has 306 valence electrons. The summed E-state index contributed by atoms with van der Waals surface area (Å²) in [4.78, 5) is 56.8. The van der Waals surface area contributed by atoms with Gasteiger partial charge in [-0.25, -0.2) is 28.5 Å². The minimum atomic E-state index is -1.92. The number of carbonyl (C=O) groups is 2. The molecule has 3 aromatic carbocycles. The number of pyridine rings is 2. The van der Waals surface area contributed by atoms with Crippen molar-refractivity contribution in [2.45, 2.75) is 45.4 Å². The van der Waals surface area contributed by atoms with Crippen LogP contribution in [0.1, 0.15) is 42.5 Å². The van der Waals surface area contributed by atoms with E-state index in [2.05, 4.69) is 16.5 Å². The van der Waals surface area contributed by atoms with Crippen LogP contribution in [0.15, 0.2) is 71.8 Å². The first-order valence-corrected chi connectivity index (χ1v) is 19.8. The highest BCUT2D eigenvalue weighted by atomic mass is 35.5. The van der Waals surface area contributed by atoms with Crippen molar-refractivity contribution >= 4 is 51.1 Å². The molecule has 0 bridgehead atoms. The number of aryl methyl sites for hydroxylation is 1. The molecule has 1 amide bonds. The third kappa shape index (κ3) is 6.05. The molecule has 6 aromatic rings. The number of aromatic hydroxyl groups is 1. The van der Waals surface area contributed by atoms with E-state index in [1.54, 1.807) is 28.5 Å². The molecule has 1 fully saturated rings. The summed E-state index contributed by atoms with van der Waals surface area (Å²) in [5.74, 6) is -2.36. The van der Waals surface area contributed by atoms with E-state index in [0.717, 1.165) is 22.6 Å². The maximum Gasteiger partial charge on any atom is 0.343 e. The molecule has 0 aliphatic carbocycles. The summed E-state index contributed by atoms with van der Waals surface area (Å²) in [6.07, 6.45) is 1.88. The number of carbonyl (C=O) groups excluding carboxylic acids is 2. The van der Waals surface area contributed by atoms with E-state index >= 15 is 4.39 Å². The SMILES string of the molecule is C=C(COc1ccc2nc3c(c(CC)c2c1)Cn1c-3cc2c(c1=O)COC(=O)C2(O)CC)C(=O)N1CCN(c2ncnc3c(F)c(-c4c(O)cccc4F)c(Cl)cc23)CC1. The summed E-state index contributed by atoms with van der Waals surface area (Å²) >= 11 is 6.50. The van der Waals surface area contributed by atoms with Gasteiger partial charge in [0.25, 0.3) is 11.5 Å². The monoisotopic (exact) mass is 834 g/mol. The Morgan fingerprint density at radius 2 is 1.80 bits per heavy atom. The Labute approximate surface area is 346 Å². The maximum absolute atomic E-state index is 15.9. The van der Waals surface area contributed by atoms with Crippen molar-refractivity contribution in [3.8, 4) is 34.0 Å². The first-order chi connectivity index (χ1) is 28.8. The minimum Gasteiger partial charge on any atom is -0.507 e. The number of rotatable bonds is 8. The van der Waals surface area contributed by atoms with Gasteiger partial charge in [0.15, 0.2) is 11.4 Å². The first kappa shape index (κ1) is 39.0. The fourth-order valence-electron chi connectivity index (χ4n) is 8.57. The van der Waals surface area contributed by atoms with Crippen LogP contribution in [0.3, 0.4) is 0 Å². The van der Waals surface area contributed by atoms with Crippen LogP contribution in [0, 0.1) is 11.6 Å². The standard InChI is InChI=1S/C44H37ClF2N6O7/c1-4-24-25-15-23(9-10-32(25)50-38-27(24)18-53-33(38)17-29-28(42(53)56)20-60-43(57)44(29,58)5-2)59-19-22(3)41(55)52-13-11-51(12-14-52)40-26-16-30(45)35(37(47)39(26)48-21-49-40)36-31(46)7-6-8-34(36)54/h6-10,15-17,21,54,58H,3-5,11-14,18-20H2,1-2H3. The molecule has 1 atom stereocenters. The van der Waals surface area contributed by atoms with Crippen LogP contribution in [0.2, 0.25) is 5.02 Å². The van der Waals surface area contributed by atoms with Crippen LogP contribution in [0.4, 0.5) is 14.6 Å². The van der Waals surface area contributed by atoms with Crippen LogP contribution in [0.25, 0.3) is 44.3 Å². The van der Waals surface area contributed by atoms with E-state index in [1.807, 2.05) is 24.0 Å². The van der Waals surface area contributed by atoms with Gasteiger partial charge in [0.1, 0.15) is 48.2 Å². The van der Waals surface area contributed by atoms with Crippen molar-refractivity contribution in [2.75, 3.05) is 37.7 Å². The Balaban J connectivity index is 0.895. The van der Waals surface area contributed by atoms with Crippen LogP contribution in [-0.4, -0.2) is 79.3 Å². The number of amides is 1. The van der Waals surface area contributed by atoms with Gasteiger partial charge in [-0.1, -0.05) is 38.1 Å². The molecule has 1 unspecified atom stereocenters. The summed E-state index contributed by atoms with van der Waals surface area (Å²) in [6, 6.07) is 12.2. The molecular weight excluding hydrogens is 798 g/mol. The summed E-state index contributed by atoms with van der Waals surface area (Å²) in [5.41, 5.74) is 1.39. The number of hydrogen-bond acceptors (Lipinski definition) is 11. The number of nitrogens with zero attached hydrogens (tertiary/aromatic N) is 6. The molecule has 1 saturated heterocycles. The number of ether oxygens (including phenoxy) is 2. The highest BCUT2D eigenvalue weighted by Crippen LogP contribution is 2.43. The maximum atomic E-state index is 15.9. The van der Waals surface area contributed by atoms with Crippen molar-refractivity contribution < 1.29 is 38.1 Å². The minimum absolute atomic E-state index is 0.0506. The molecule has 3 aliphatic rings. The van der Waals surface area contributed by atoms with Crippen molar-refractivity contribution in [2.24, 2.45) is 0 Å². The molecular formula is C44H37ClF2N6O7. The molecule has 3 aromatic heterocycles. The van der Waals surface area contributed by atoms with E-state index in [4.69, 9.17) is 26.1 Å². The van der Waals surface area contributed by atoms with Gasteiger partial charge in [-0.15, -0.1) is 0 Å². The average Bonchev–Trinajstić information content (AvgIpc) is 3.62. The molecule has 2 N–H and O–H groups in total. The Hall–Kier alpha value is -6.45. The zero-order chi connectivity index (χ0) is 42.2. The van der Waals surface area contributed by atoms with Gasteiger partial charge in [-0.05, 0) is 60.9 Å². The van der Waals surface area contributed by atoms with Crippen molar-refractivity contribution in [3.05, 3.63) is 116 Å². The Morgan fingerprint density at radius 1 is 1.02 bits per heavy atom. The second kappa shape index (κ2) is 14.7. The Bertz CT molecular complexity index is 2890. The summed E-state index contributed by atoms with van der Waals surface area (Å²) in [7, 11) is 0. The number of aromatic nitrogens is 4. The zero-order valence-electron chi connectivity index (χ0n) is 32.5. The summed E-state index contributed by atoms with van der Waals surface area (Å²) in [6.45, 7) is 9.00. The number of phenols is 1. The van der Waals surface area contributed by atoms with Crippen molar-refractivity contribution in [3.63, 3.8) is 0 Å². The lowest BCUT2D eigenvalue weighted by molar-refractivity contribution is -0.172. The number of phenolic OH excluding ortho intramolecular Hbond substituents is 1. The number of fused-ring (bicyclic) bond motifs is 6. The second-order valence-corrected chi connectivity index (χ2v) is 15.4. The van der Waals surface area contributed by atoms with E-state index in [0.29, 0.717) is 66.5 Å².